The minimum Gasteiger partial charge on any atom is -0.506 e. The number of benzene rings is 3. The van der Waals surface area contributed by atoms with Crippen molar-refractivity contribution in [2.75, 3.05) is 0 Å². The molecule has 0 aliphatic heterocycles. The van der Waals surface area contributed by atoms with E-state index in [2.05, 4.69) is 84.9 Å². The number of fused-ring (bicyclic) bond motifs is 4. The molecule has 182 valence electrons. The predicted molar refractivity (Wildman–Crippen MR) is 144 cm³/mol. The first-order valence-electron chi connectivity index (χ1n) is 11.6. The van der Waals surface area contributed by atoms with E-state index in [1.807, 2.05) is 30.5 Å². The molecular formula is C30H24N3OPtS-. The van der Waals surface area contributed by atoms with E-state index in [1.54, 1.807) is 6.07 Å². The summed E-state index contributed by atoms with van der Waals surface area (Å²) in [5.41, 5.74) is 3.95. The zero-order valence-electron chi connectivity index (χ0n) is 20.1. The Morgan fingerprint density at radius 2 is 1.72 bits per heavy atom. The summed E-state index contributed by atoms with van der Waals surface area (Å²) in [6.45, 7) is 6.65. The zero-order chi connectivity index (χ0) is 24.2. The minimum atomic E-state index is 0. The normalized spacial score (nSPS) is 11.8. The Kier molecular flexibility index (Phi) is 6.40. The van der Waals surface area contributed by atoms with Crippen LogP contribution in [0.3, 0.4) is 0 Å². The SMILES string of the molecule is CC(C)(C)c1ccnc(-n2c3[c-]c(Sc4ccc5cccc(O)c5n4)ccc3c3ccccc32)c1.[Pt]. The molecule has 0 bridgehead atoms. The Bertz CT molecular complexity index is 1740. The molecule has 1 N–H and O–H groups in total. The monoisotopic (exact) mass is 669 g/mol. The average Bonchev–Trinajstić information content (AvgIpc) is 3.18. The number of aromatic nitrogens is 3. The van der Waals surface area contributed by atoms with Crippen LogP contribution in [-0.2, 0) is 26.5 Å². The second-order valence-corrected chi connectivity index (χ2v) is 10.8. The van der Waals surface area contributed by atoms with Gasteiger partial charge in [0.1, 0.15) is 17.1 Å². The Morgan fingerprint density at radius 3 is 2.56 bits per heavy atom. The summed E-state index contributed by atoms with van der Waals surface area (Å²) < 4.78 is 2.20. The van der Waals surface area contributed by atoms with Crippen molar-refractivity contribution in [2.45, 2.75) is 36.1 Å². The number of aromatic hydroxyl groups is 1. The molecule has 0 aliphatic carbocycles. The Morgan fingerprint density at radius 1 is 0.889 bits per heavy atom. The molecule has 6 aromatic rings. The molecule has 0 atom stereocenters. The third-order valence-corrected chi connectivity index (χ3v) is 7.18. The third-order valence-electron chi connectivity index (χ3n) is 6.29. The van der Waals surface area contributed by atoms with Gasteiger partial charge in [0.25, 0.3) is 0 Å². The standard InChI is InChI=1S/C30H24N3OS.Pt/c1-30(2,3)20-15-16-31-27(17-20)33-24-9-5-4-8-22(24)23-13-12-21(18-25(23)33)35-28-14-11-19-7-6-10-26(34)29(19)32-28;/h4-17,34H,1-3H3;/q-1;. The van der Waals surface area contributed by atoms with Gasteiger partial charge in [-0.1, -0.05) is 73.3 Å². The number of nitrogens with zero attached hydrogens (tertiary/aromatic N) is 3. The van der Waals surface area contributed by atoms with Crippen molar-refractivity contribution in [3.8, 4) is 11.6 Å². The van der Waals surface area contributed by atoms with E-state index in [-0.39, 0.29) is 32.2 Å². The quantitative estimate of drug-likeness (QED) is 0.197. The van der Waals surface area contributed by atoms with Gasteiger partial charge in [-0.2, -0.15) is 12.1 Å². The van der Waals surface area contributed by atoms with Crippen LogP contribution in [0.1, 0.15) is 26.3 Å². The molecule has 0 fully saturated rings. The Balaban J connectivity index is 0.00000267. The van der Waals surface area contributed by atoms with Gasteiger partial charge in [0, 0.05) is 38.2 Å². The molecule has 0 radical (unpaired) electrons. The van der Waals surface area contributed by atoms with E-state index >= 15 is 0 Å². The first-order chi connectivity index (χ1) is 16.9. The smallest absolute Gasteiger partial charge is 0.141 e. The van der Waals surface area contributed by atoms with E-state index in [4.69, 9.17) is 4.98 Å². The zero-order valence-corrected chi connectivity index (χ0v) is 23.2. The minimum absolute atomic E-state index is 0. The van der Waals surface area contributed by atoms with Crippen molar-refractivity contribution < 1.29 is 26.2 Å². The second kappa shape index (κ2) is 9.38. The van der Waals surface area contributed by atoms with Crippen molar-refractivity contribution >= 4 is 44.5 Å². The van der Waals surface area contributed by atoms with Crippen LogP contribution in [0.4, 0.5) is 0 Å². The summed E-state index contributed by atoms with van der Waals surface area (Å²) >= 11 is 1.54. The molecule has 36 heavy (non-hydrogen) atoms. The van der Waals surface area contributed by atoms with Crippen molar-refractivity contribution in [3.63, 3.8) is 0 Å². The molecule has 6 heteroatoms. The second-order valence-electron chi connectivity index (χ2n) is 9.69. The van der Waals surface area contributed by atoms with Gasteiger partial charge < -0.3 is 9.67 Å². The molecule has 6 rings (SSSR count). The molecule has 0 saturated carbocycles. The maximum Gasteiger partial charge on any atom is 0.141 e. The van der Waals surface area contributed by atoms with Crippen molar-refractivity contribution in [2.24, 2.45) is 0 Å². The average molecular weight is 670 g/mol. The number of pyridine rings is 2. The van der Waals surface area contributed by atoms with Crippen LogP contribution >= 0.6 is 11.8 Å². The van der Waals surface area contributed by atoms with Gasteiger partial charge in [0.15, 0.2) is 0 Å². The largest absolute Gasteiger partial charge is 0.506 e. The van der Waals surface area contributed by atoms with Gasteiger partial charge in [-0.15, -0.1) is 11.5 Å². The number of hydrogen-bond donors (Lipinski definition) is 1. The summed E-state index contributed by atoms with van der Waals surface area (Å²) in [7, 11) is 0. The Labute approximate surface area is 228 Å². The van der Waals surface area contributed by atoms with Gasteiger partial charge in [0.05, 0.1) is 5.03 Å². The fourth-order valence-corrected chi connectivity index (χ4v) is 5.24. The molecule has 4 nitrogen and oxygen atoms in total. The van der Waals surface area contributed by atoms with Gasteiger partial charge in [0.2, 0.25) is 0 Å². The first-order valence-corrected chi connectivity index (χ1v) is 12.4. The van der Waals surface area contributed by atoms with Crippen molar-refractivity contribution in [1.82, 2.24) is 14.5 Å². The van der Waals surface area contributed by atoms with E-state index in [0.29, 0.717) is 5.52 Å². The fourth-order valence-electron chi connectivity index (χ4n) is 4.46. The first kappa shape index (κ1) is 24.5. The summed E-state index contributed by atoms with van der Waals surface area (Å²) in [5.74, 6) is 1.07. The van der Waals surface area contributed by atoms with Crippen LogP contribution in [0.15, 0.2) is 95.0 Å². The van der Waals surface area contributed by atoms with E-state index < -0.39 is 0 Å². The predicted octanol–water partition coefficient (Wildman–Crippen LogP) is 7.68. The molecule has 0 unspecified atom stereocenters. The number of hydrogen-bond acceptors (Lipinski definition) is 4. The van der Waals surface area contributed by atoms with Gasteiger partial charge in [-0.05, 0) is 52.8 Å². The van der Waals surface area contributed by atoms with Crippen LogP contribution in [0.25, 0.3) is 38.5 Å². The van der Waals surface area contributed by atoms with Crippen LogP contribution < -0.4 is 0 Å². The maximum atomic E-state index is 10.2. The molecule has 0 aliphatic rings. The van der Waals surface area contributed by atoms with Crippen LogP contribution in [0.2, 0.25) is 0 Å². The summed E-state index contributed by atoms with van der Waals surface area (Å²) in [6.07, 6.45) is 1.89. The fraction of sp³-hybridized carbons (Fsp3) is 0.133. The van der Waals surface area contributed by atoms with Crippen LogP contribution in [0, 0.1) is 6.07 Å². The molecule has 0 spiro atoms. The third kappa shape index (κ3) is 4.31. The van der Waals surface area contributed by atoms with Crippen LogP contribution in [0.5, 0.6) is 5.75 Å². The summed E-state index contributed by atoms with van der Waals surface area (Å²) in [5, 5.41) is 14.3. The van der Waals surface area contributed by atoms with Crippen molar-refractivity contribution in [3.05, 3.63) is 96.7 Å². The van der Waals surface area contributed by atoms with E-state index in [9.17, 15) is 5.11 Å². The molecule has 3 aromatic heterocycles. The number of rotatable bonds is 3. The maximum absolute atomic E-state index is 10.2. The summed E-state index contributed by atoms with van der Waals surface area (Å²) in [4.78, 5) is 10.4. The molecule has 0 saturated heterocycles. The van der Waals surface area contributed by atoms with Crippen LogP contribution in [-0.4, -0.2) is 19.6 Å². The number of para-hydroxylation sites is 2. The number of phenolic OH excluding ortho intramolecular Hbond substituents is 1. The Hall–Kier alpha value is -3.14. The molecule has 3 aromatic carbocycles. The van der Waals surface area contributed by atoms with Gasteiger partial charge in [-0.3, -0.25) is 0 Å². The molecule has 3 heterocycles. The van der Waals surface area contributed by atoms with Crippen molar-refractivity contribution in [1.29, 1.82) is 0 Å². The summed E-state index contributed by atoms with van der Waals surface area (Å²) in [6, 6.07) is 30.0. The van der Waals surface area contributed by atoms with E-state index in [1.165, 1.54) is 22.7 Å². The molecule has 0 amide bonds. The molecular weight excluding hydrogens is 645 g/mol. The number of phenols is 1. The van der Waals surface area contributed by atoms with Gasteiger partial charge >= 0.3 is 0 Å². The topological polar surface area (TPSA) is 50.9 Å². The van der Waals surface area contributed by atoms with E-state index in [0.717, 1.165) is 37.5 Å². The van der Waals surface area contributed by atoms with Gasteiger partial charge in [-0.25, -0.2) is 9.97 Å².